The fourth-order valence-corrected chi connectivity index (χ4v) is 1.92. The van der Waals surface area contributed by atoms with Crippen molar-refractivity contribution in [2.75, 3.05) is 13.1 Å². The van der Waals surface area contributed by atoms with Crippen molar-refractivity contribution in [3.05, 3.63) is 12.3 Å². The number of nitrogens with zero attached hydrogens (tertiary/aromatic N) is 1. The van der Waals surface area contributed by atoms with Crippen LogP contribution in [0.3, 0.4) is 0 Å². The molecule has 1 fully saturated rings. The number of hydrogen-bond donors (Lipinski definition) is 0. The van der Waals surface area contributed by atoms with Crippen molar-refractivity contribution < 1.29 is 9.53 Å². The van der Waals surface area contributed by atoms with Gasteiger partial charge in [0.05, 0.1) is 11.7 Å². The van der Waals surface area contributed by atoms with Crippen LogP contribution >= 0.6 is 0 Å². The molecule has 0 aliphatic carbocycles. The van der Waals surface area contributed by atoms with Gasteiger partial charge in [0, 0.05) is 12.6 Å². The summed E-state index contributed by atoms with van der Waals surface area (Å²) in [5.41, 5.74) is 0. The average molecular weight is 211 g/mol. The lowest BCUT2D eigenvalue weighted by Crippen LogP contribution is -2.42. The molecule has 1 saturated heterocycles. The maximum absolute atomic E-state index is 11.7. The van der Waals surface area contributed by atoms with Crippen molar-refractivity contribution in [3.8, 4) is 0 Å². The Morgan fingerprint density at radius 3 is 2.73 bits per heavy atom. The number of carbonyl (C=O) groups is 1. The predicted molar refractivity (Wildman–Crippen MR) is 60.3 cm³/mol. The Kier molecular flexibility index (Phi) is 4.33. The van der Waals surface area contributed by atoms with Crippen molar-refractivity contribution in [2.24, 2.45) is 5.92 Å². The lowest BCUT2D eigenvalue weighted by Gasteiger charge is -2.34. The summed E-state index contributed by atoms with van der Waals surface area (Å²) < 4.78 is 5.06. The number of ether oxygens (including phenoxy) is 1. The van der Waals surface area contributed by atoms with Crippen LogP contribution in [0.25, 0.3) is 0 Å². The van der Waals surface area contributed by atoms with Crippen LogP contribution in [-0.4, -0.2) is 30.0 Å². The highest BCUT2D eigenvalue weighted by atomic mass is 16.5. The topological polar surface area (TPSA) is 29.5 Å². The van der Waals surface area contributed by atoms with Gasteiger partial charge in [-0.1, -0.05) is 6.58 Å². The van der Waals surface area contributed by atoms with Crippen LogP contribution in [0.2, 0.25) is 0 Å². The predicted octanol–water partition coefficient (Wildman–Crippen LogP) is 2.18. The molecule has 15 heavy (non-hydrogen) atoms. The van der Waals surface area contributed by atoms with E-state index in [1.54, 1.807) is 6.92 Å². The molecule has 1 aliphatic heterocycles. The summed E-state index contributed by atoms with van der Waals surface area (Å²) >= 11 is 0. The maximum atomic E-state index is 11.7. The molecule has 1 heterocycles. The largest absolute Gasteiger partial charge is 0.432 e. The van der Waals surface area contributed by atoms with E-state index in [2.05, 4.69) is 25.3 Å². The number of hydrogen-bond acceptors (Lipinski definition) is 3. The summed E-state index contributed by atoms with van der Waals surface area (Å²) in [5, 5.41) is 0. The Bertz CT molecular complexity index is 248. The fraction of sp³-hybridized carbons (Fsp3) is 0.750. The van der Waals surface area contributed by atoms with Gasteiger partial charge >= 0.3 is 5.97 Å². The third kappa shape index (κ3) is 3.67. The van der Waals surface area contributed by atoms with Crippen molar-refractivity contribution in [2.45, 2.75) is 39.7 Å². The van der Waals surface area contributed by atoms with Crippen LogP contribution in [0.4, 0.5) is 0 Å². The Balaban J connectivity index is 2.48. The molecule has 0 saturated carbocycles. The molecular formula is C12H21NO2. The second-order valence-electron chi connectivity index (χ2n) is 4.55. The molecule has 0 aromatic rings. The summed E-state index contributed by atoms with van der Waals surface area (Å²) in [5.74, 6) is 0.396. The number of allylic oxidation sites excluding steroid dienone is 1. The molecule has 86 valence electrons. The van der Waals surface area contributed by atoms with Gasteiger partial charge in [-0.3, -0.25) is 4.79 Å². The second-order valence-corrected chi connectivity index (χ2v) is 4.55. The third-order valence-electron chi connectivity index (χ3n) is 2.79. The molecule has 0 bridgehead atoms. The summed E-state index contributed by atoms with van der Waals surface area (Å²) in [6.45, 7) is 11.5. The van der Waals surface area contributed by atoms with Gasteiger partial charge < -0.3 is 9.64 Å². The Morgan fingerprint density at radius 2 is 2.20 bits per heavy atom. The first-order chi connectivity index (χ1) is 7.00. The molecule has 0 aromatic heterocycles. The second kappa shape index (κ2) is 5.31. The smallest absolute Gasteiger partial charge is 0.315 e. The third-order valence-corrected chi connectivity index (χ3v) is 2.79. The highest BCUT2D eigenvalue weighted by Crippen LogP contribution is 2.20. The number of likely N-dealkylation sites (tertiary alicyclic amines) is 1. The van der Waals surface area contributed by atoms with Gasteiger partial charge in [0.2, 0.25) is 0 Å². The summed E-state index contributed by atoms with van der Waals surface area (Å²) in [6.07, 6.45) is 2.02. The monoisotopic (exact) mass is 211 g/mol. The Morgan fingerprint density at radius 1 is 1.53 bits per heavy atom. The minimum absolute atomic E-state index is 0.0258. The van der Waals surface area contributed by atoms with E-state index in [1.165, 1.54) is 0 Å². The van der Waals surface area contributed by atoms with Crippen molar-refractivity contribution in [1.29, 1.82) is 0 Å². The summed E-state index contributed by atoms with van der Waals surface area (Å²) in [7, 11) is 0. The van der Waals surface area contributed by atoms with Gasteiger partial charge in [-0.05, 0) is 40.2 Å². The molecule has 0 amide bonds. The quantitative estimate of drug-likeness (QED) is 0.529. The van der Waals surface area contributed by atoms with Crippen LogP contribution in [0.1, 0.15) is 33.6 Å². The van der Waals surface area contributed by atoms with Crippen LogP contribution in [0.15, 0.2) is 12.3 Å². The molecule has 0 radical (unpaired) electrons. The highest BCUT2D eigenvalue weighted by Gasteiger charge is 2.28. The van der Waals surface area contributed by atoms with E-state index < -0.39 is 0 Å². The fourth-order valence-electron chi connectivity index (χ4n) is 1.92. The molecule has 0 spiro atoms. The van der Waals surface area contributed by atoms with Crippen LogP contribution in [0.5, 0.6) is 0 Å². The van der Waals surface area contributed by atoms with E-state index in [-0.39, 0.29) is 11.9 Å². The average Bonchev–Trinajstić information content (AvgIpc) is 2.17. The molecule has 0 N–H and O–H groups in total. The molecule has 1 aliphatic rings. The van der Waals surface area contributed by atoms with Gasteiger partial charge in [0.25, 0.3) is 0 Å². The maximum Gasteiger partial charge on any atom is 0.315 e. The normalized spacial score (nSPS) is 22.8. The minimum Gasteiger partial charge on any atom is -0.432 e. The van der Waals surface area contributed by atoms with Gasteiger partial charge in [0.15, 0.2) is 0 Å². The van der Waals surface area contributed by atoms with Crippen molar-refractivity contribution >= 4 is 5.97 Å². The van der Waals surface area contributed by atoms with E-state index >= 15 is 0 Å². The van der Waals surface area contributed by atoms with E-state index in [9.17, 15) is 4.79 Å². The van der Waals surface area contributed by atoms with E-state index in [4.69, 9.17) is 4.74 Å². The van der Waals surface area contributed by atoms with Crippen LogP contribution in [-0.2, 0) is 9.53 Å². The molecule has 1 rings (SSSR count). The van der Waals surface area contributed by atoms with E-state index in [0.29, 0.717) is 11.8 Å². The first-order valence-electron chi connectivity index (χ1n) is 5.62. The van der Waals surface area contributed by atoms with Gasteiger partial charge in [-0.2, -0.15) is 0 Å². The van der Waals surface area contributed by atoms with E-state index in [1.807, 2.05) is 0 Å². The molecule has 3 heteroatoms. The van der Waals surface area contributed by atoms with E-state index in [0.717, 1.165) is 25.9 Å². The summed E-state index contributed by atoms with van der Waals surface area (Å²) in [6, 6.07) is 0.505. The first kappa shape index (κ1) is 12.2. The van der Waals surface area contributed by atoms with Gasteiger partial charge in [-0.25, -0.2) is 0 Å². The number of esters is 1. The SMILES string of the molecule is C=C(C)OC(=O)C1CCCN(C(C)C)C1. The zero-order valence-electron chi connectivity index (χ0n) is 9.95. The number of carbonyl (C=O) groups excluding carboxylic acids is 1. The molecule has 0 aromatic carbocycles. The Hall–Kier alpha value is -0.830. The van der Waals surface area contributed by atoms with Crippen LogP contribution in [0, 0.1) is 5.92 Å². The molecule has 1 unspecified atom stereocenters. The van der Waals surface area contributed by atoms with Crippen molar-refractivity contribution in [3.63, 3.8) is 0 Å². The number of piperidine rings is 1. The zero-order chi connectivity index (χ0) is 11.4. The Labute approximate surface area is 92.1 Å². The minimum atomic E-state index is -0.118. The highest BCUT2D eigenvalue weighted by molar-refractivity contribution is 5.73. The first-order valence-corrected chi connectivity index (χ1v) is 5.62. The molecular weight excluding hydrogens is 190 g/mol. The lowest BCUT2D eigenvalue weighted by atomic mass is 9.97. The zero-order valence-corrected chi connectivity index (χ0v) is 9.95. The summed E-state index contributed by atoms with van der Waals surface area (Å²) in [4.78, 5) is 14.0. The van der Waals surface area contributed by atoms with Crippen molar-refractivity contribution in [1.82, 2.24) is 4.90 Å². The van der Waals surface area contributed by atoms with Gasteiger partial charge in [-0.15, -0.1) is 0 Å². The molecule has 3 nitrogen and oxygen atoms in total. The van der Waals surface area contributed by atoms with Crippen LogP contribution < -0.4 is 0 Å². The standard InChI is InChI=1S/C12H21NO2/c1-9(2)13-7-5-6-11(8-13)12(14)15-10(3)4/h9,11H,3,5-8H2,1-2,4H3. The molecule has 1 atom stereocenters. The van der Waals surface area contributed by atoms with Gasteiger partial charge in [0.1, 0.15) is 0 Å². The lowest BCUT2D eigenvalue weighted by molar-refractivity contribution is -0.146. The number of rotatable bonds is 3.